The summed E-state index contributed by atoms with van der Waals surface area (Å²) >= 11 is 0. The fourth-order valence-corrected chi connectivity index (χ4v) is 2.41. The van der Waals surface area contributed by atoms with E-state index in [4.69, 9.17) is 4.84 Å². The molecule has 0 aliphatic carbocycles. The summed E-state index contributed by atoms with van der Waals surface area (Å²) in [5, 5.41) is 10.5. The van der Waals surface area contributed by atoms with Crippen molar-refractivity contribution in [2.75, 3.05) is 0 Å². The molecule has 0 aliphatic heterocycles. The second-order valence-electron chi connectivity index (χ2n) is 5.48. The van der Waals surface area contributed by atoms with Crippen molar-refractivity contribution in [1.82, 2.24) is 5.06 Å². The number of carbonyl (C=O) groups excluding carboxylic acids is 1. The second-order valence-corrected chi connectivity index (χ2v) is 5.48. The standard InChI is InChI=1S/C19H21NO4/c1-15(21)20(24-14-17-10-6-3-7-11-17)18(19(22)23)13-12-16-8-4-2-5-9-16/h2-11,18H,12-14H2,1H3,(H,22,23). The quantitative estimate of drug-likeness (QED) is 0.757. The minimum absolute atomic E-state index is 0.148. The summed E-state index contributed by atoms with van der Waals surface area (Å²) in [5.41, 5.74) is 1.89. The lowest BCUT2D eigenvalue weighted by atomic mass is 10.1. The van der Waals surface area contributed by atoms with Gasteiger partial charge in [0.05, 0.1) is 0 Å². The molecular weight excluding hydrogens is 306 g/mol. The lowest BCUT2D eigenvalue weighted by molar-refractivity contribution is -0.210. The molecule has 126 valence electrons. The first-order valence-corrected chi connectivity index (χ1v) is 7.81. The molecule has 1 unspecified atom stereocenters. The number of aryl methyl sites for hydroxylation is 1. The summed E-state index contributed by atoms with van der Waals surface area (Å²) in [5.74, 6) is -1.50. The molecule has 5 nitrogen and oxygen atoms in total. The first kappa shape index (κ1) is 17.7. The van der Waals surface area contributed by atoms with Crippen LogP contribution in [0.2, 0.25) is 0 Å². The number of carboxylic acids is 1. The van der Waals surface area contributed by atoms with Gasteiger partial charge in [0, 0.05) is 6.92 Å². The molecule has 2 aromatic carbocycles. The van der Waals surface area contributed by atoms with Crippen molar-refractivity contribution in [1.29, 1.82) is 0 Å². The van der Waals surface area contributed by atoms with E-state index in [1.165, 1.54) is 6.92 Å². The van der Waals surface area contributed by atoms with Gasteiger partial charge < -0.3 is 5.11 Å². The molecular formula is C19H21NO4. The molecule has 0 heterocycles. The Labute approximate surface area is 141 Å². The molecule has 0 spiro atoms. The predicted molar refractivity (Wildman–Crippen MR) is 89.9 cm³/mol. The molecule has 0 bridgehead atoms. The molecule has 0 fully saturated rings. The Hall–Kier alpha value is -2.66. The second kappa shape index (κ2) is 8.84. The summed E-state index contributed by atoms with van der Waals surface area (Å²) in [6, 6.07) is 17.9. The van der Waals surface area contributed by atoms with Gasteiger partial charge in [-0.25, -0.2) is 9.86 Å². The van der Waals surface area contributed by atoms with Crippen LogP contribution in [-0.2, 0) is 27.5 Å². The molecule has 0 aliphatic rings. The number of hydroxylamine groups is 2. The Bertz CT molecular complexity index is 598. The van der Waals surface area contributed by atoms with Gasteiger partial charge in [-0.05, 0) is 24.0 Å². The normalized spacial score (nSPS) is 11.7. The minimum atomic E-state index is -1.07. The van der Waals surface area contributed by atoms with E-state index in [0.29, 0.717) is 6.42 Å². The highest BCUT2D eigenvalue weighted by Crippen LogP contribution is 2.14. The van der Waals surface area contributed by atoms with Gasteiger partial charge in [0.2, 0.25) is 5.91 Å². The van der Waals surface area contributed by atoms with Crippen LogP contribution in [0.25, 0.3) is 0 Å². The van der Waals surface area contributed by atoms with Crippen LogP contribution < -0.4 is 0 Å². The Balaban J connectivity index is 2.03. The molecule has 2 aromatic rings. The van der Waals surface area contributed by atoms with Crippen LogP contribution in [0.1, 0.15) is 24.5 Å². The predicted octanol–water partition coefficient (Wildman–Crippen LogP) is 3.05. The van der Waals surface area contributed by atoms with Crippen molar-refractivity contribution < 1.29 is 19.5 Å². The molecule has 24 heavy (non-hydrogen) atoms. The lowest BCUT2D eigenvalue weighted by Gasteiger charge is -2.27. The third-order valence-corrected chi connectivity index (χ3v) is 3.64. The van der Waals surface area contributed by atoms with Crippen molar-refractivity contribution >= 4 is 11.9 Å². The van der Waals surface area contributed by atoms with Crippen LogP contribution in [-0.4, -0.2) is 28.1 Å². The van der Waals surface area contributed by atoms with E-state index in [-0.39, 0.29) is 13.0 Å². The van der Waals surface area contributed by atoms with E-state index in [1.54, 1.807) is 0 Å². The number of hydrogen-bond acceptors (Lipinski definition) is 3. The van der Waals surface area contributed by atoms with Crippen molar-refractivity contribution in [2.24, 2.45) is 0 Å². The first-order chi connectivity index (χ1) is 11.6. The zero-order valence-electron chi connectivity index (χ0n) is 13.6. The number of nitrogens with zero attached hydrogens (tertiary/aromatic N) is 1. The summed E-state index contributed by atoms with van der Waals surface area (Å²) < 4.78 is 0. The van der Waals surface area contributed by atoms with Crippen molar-refractivity contribution in [3.05, 3.63) is 71.8 Å². The number of hydrogen-bond donors (Lipinski definition) is 1. The number of amides is 1. The largest absolute Gasteiger partial charge is 0.480 e. The number of benzene rings is 2. The molecule has 0 radical (unpaired) electrons. The number of carboxylic acid groups (broad SMARTS) is 1. The minimum Gasteiger partial charge on any atom is -0.480 e. The molecule has 1 atom stereocenters. The Morgan fingerprint density at radius 1 is 1.00 bits per heavy atom. The van der Waals surface area contributed by atoms with E-state index >= 15 is 0 Å². The molecule has 2 rings (SSSR count). The smallest absolute Gasteiger partial charge is 0.329 e. The molecule has 1 N–H and O–H groups in total. The summed E-state index contributed by atoms with van der Waals surface area (Å²) in [7, 11) is 0. The number of carbonyl (C=O) groups is 2. The van der Waals surface area contributed by atoms with E-state index in [1.807, 2.05) is 60.7 Å². The molecule has 5 heteroatoms. The van der Waals surface area contributed by atoms with E-state index in [9.17, 15) is 14.7 Å². The van der Waals surface area contributed by atoms with E-state index in [2.05, 4.69) is 0 Å². The molecule has 0 aromatic heterocycles. The Morgan fingerprint density at radius 2 is 1.54 bits per heavy atom. The van der Waals surface area contributed by atoms with Gasteiger partial charge in [-0.3, -0.25) is 9.63 Å². The highest BCUT2D eigenvalue weighted by Gasteiger charge is 2.28. The summed E-state index contributed by atoms with van der Waals surface area (Å²) in [6.07, 6.45) is 0.837. The molecule has 0 saturated carbocycles. The Kier molecular flexibility index (Phi) is 6.51. The van der Waals surface area contributed by atoms with E-state index < -0.39 is 17.9 Å². The van der Waals surface area contributed by atoms with Crippen LogP contribution in [0.5, 0.6) is 0 Å². The van der Waals surface area contributed by atoms with Crippen molar-refractivity contribution in [3.63, 3.8) is 0 Å². The van der Waals surface area contributed by atoms with Crippen LogP contribution in [0.4, 0.5) is 0 Å². The summed E-state index contributed by atoms with van der Waals surface area (Å²) in [4.78, 5) is 29.0. The van der Waals surface area contributed by atoms with Gasteiger partial charge in [-0.15, -0.1) is 0 Å². The van der Waals surface area contributed by atoms with E-state index in [0.717, 1.165) is 16.2 Å². The van der Waals surface area contributed by atoms with Crippen LogP contribution in [0.3, 0.4) is 0 Å². The van der Waals surface area contributed by atoms with Gasteiger partial charge in [0.1, 0.15) is 6.61 Å². The fraction of sp³-hybridized carbons (Fsp3) is 0.263. The third-order valence-electron chi connectivity index (χ3n) is 3.64. The molecule has 0 saturated heterocycles. The summed E-state index contributed by atoms with van der Waals surface area (Å²) in [6.45, 7) is 1.46. The first-order valence-electron chi connectivity index (χ1n) is 7.81. The maximum atomic E-state index is 11.9. The van der Waals surface area contributed by atoms with Crippen molar-refractivity contribution in [2.45, 2.75) is 32.4 Å². The maximum Gasteiger partial charge on any atom is 0.329 e. The number of rotatable bonds is 8. The van der Waals surface area contributed by atoms with Gasteiger partial charge in [-0.1, -0.05) is 60.7 Å². The zero-order valence-corrected chi connectivity index (χ0v) is 13.6. The average molecular weight is 327 g/mol. The van der Waals surface area contributed by atoms with Gasteiger partial charge in [-0.2, -0.15) is 0 Å². The van der Waals surface area contributed by atoms with Gasteiger partial charge >= 0.3 is 5.97 Å². The third kappa shape index (κ3) is 5.21. The monoisotopic (exact) mass is 327 g/mol. The fourth-order valence-electron chi connectivity index (χ4n) is 2.41. The average Bonchev–Trinajstić information content (AvgIpc) is 2.59. The van der Waals surface area contributed by atoms with Crippen LogP contribution >= 0.6 is 0 Å². The van der Waals surface area contributed by atoms with Crippen molar-refractivity contribution in [3.8, 4) is 0 Å². The van der Waals surface area contributed by atoms with Gasteiger partial charge in [0.15, 0.2) is 6.04 Å². The van der Waals surface area contributed by atoms with Crippen LogP contribution in [0.15, 0.2) is 60.7 Å². The highest BCUT2D eigenvalue weighted by molar-refractivity contribution is 5.81. The van der Waals surface area contributed by atoms with Crippen LogP contribution in [0, 0.1) is 0 Å². The number of aliphatic carboxylic acids is 1. The molecule has 1 amide bonds. The SMILES string of the molecule is CC(=O)N(OCc1ccccc1)C(CCc1ccccc1)C(=O)O. The lowest BCUT2D eigenvalue weighted by Crippen LogP contribution is -2.44. The highest BCUT2D eigenvalue weighted by atomic mass is 16.7. The maximum absolute atomic E-state index is 11.9. The topological polar surface area (TPSA) is 66.8 Å². The van der Waals surface area contributed by atoms with Gasteiger partial charge in [0.25, 0.3) is 0 Å². The zero-order chi connectivity index (χ0) is 17.4. The Morgan fingerprint density at radius 3 is 2.04 bits per heavy atom.